The van der Waals surface area contributed by atoms with Gasteiger partial charge in [-0.15, -0.1) is 23.5 Å². The number of piperazine rings is 1. The standard InChI is InChI=1S/C20H23N3OS2/c24-19(17-1-3-18(4-2-17)20-25-13-14-26-20)23-11-9-22(10-12-23)15-16-5-7-21-8-6-16/h1-8,20H,9-15H2. The molecule has 2 aliphatic heterocycles. The van der Waals surface area contributed by atoms with E-state index in [9.17, 15) is 4.79 Å². The fourth-order valence-electron chi connectivity index (χ4n) is 3.37. The van der Waals surface area contributed by atoms with Crippen molar-refractivity contribution in [2.45, 2.75) is 11.1 Å². The third-order valence-electron chi connectivity index (χ3n) is 4.87. The van der Waals surface area contributed by atoms with Crippen molar-refractivity contribution in [2.24, 2.45) is 0 Å². The molecule has 2 aromatic rings. The first-order chi connectivity index (χ1) is 12.8. The number of aromatic nitrogens is 1. The topological polar surface area (TPSA) is 36.4 Å². The summed E-state index contributed by atoms with van der Waals surface area (Å²) < 4.78 is 0.538. The summed E-state index contributed by atoms with van der Waals surface area (Å²) in [7, 11) is 0. The molecule has 0 spiro atoms. The molecule has 136 valence electrons. The van der Waals surface area contributed by atoms with Crippen LogP contribution in [0.4, 0.5) is 0 Å². The van der Waals surface area contributed by atoms with Crippen molar-refractivity contribution in [1.29, 1.82) is 0 Å². The smallest absolute Gasteiger partial charge is 0.253 e. The van der Waals surface area contributed by atoms with Gasteiger partial charge in [-0.1, -0.05) is 12.1 Å². The van der Waals surface area contributed by atoms with Crippen LogP contribution in [0, 0.1) is 0 Å². The number of hydrogen-bond donors (Lipinski definition) is 0. The quantitative estimate of drug-likeness (QED) is 0.805. The normalized spacial score (nSPS) is 19.0. The molecule has 0 unspecified atom stereocenters. The highest BCUT2D eigenvalue weighted by Gasteiger charge is 2.23. The van der Waals surface area contributed by atoms with Gasteiger partial charge in [0.2, 0.25) is 0 Å². The summed E-state index contributed by atoms with van der Waals surface area (Å²) in [5.74, 6) is 2.60. The molecule has 4 rings (SSSR count). The predicted molar refractivity (Wildman–Crippen MR) is 110 cm³/mol. The average molecular weight is 386 g/mol. The second kappa shape index (κ2) is 8.46. The Morgan fingerprint density at radius 2 is 1.62 bits per heavy atom. The van der Waals surface area contributed by atoms with Gasteiger partial charge in [-0.3, -0.25) is 14.7 Å². The van der Waals surface area contributed by atoms with Crippen LogP contribution >= 0.6 is 23.5 Å². The highest BCUT2D eigenvalue weighted by molar-refractivity contribution is 8.19. The number of rotatable bonds is 4. The number of amides is 1. The van der Waals surface area contributed by atoms with Gasteiger partial charge in [-0.2, -0.15) is 0 Å². The molecule has 1 amide bonds. The molecule has 0 N–H and O–H groups in total. The van der Waals surface area contributed by atoms with Crippen LogP contribution in [0.3, 0.4) is 0 Å². The molecule has 0 saturated carbocycles. The molecule has 2 saturated heterocycles. The molecule has 1 aromatic heterocycles. The van der Waals surface area contributed by atoms with Crippen molar-refractivity contribution in [3.05, 3.63) is 65.5 Å². The molecular weight excluding hydrogens is 362 g/mol. The van der Waals surface area contributed by atoms with Crippen LogP contribution in [0.2, 0.25) is 0 Å². The molecule has 2 fully saturated rings. The van der Waals surface area contributed by atoms with Gasteiger partial charge in [-0.05, 0) is 35.4 Å². The number of thioether (sulfide) groups is 2. The Balaban J connectivity index is 1.31. The lowest BCUT2D eigenvalue weighted by molar-refractivity contribution is 0.0628. The molecule has 0 radical (unpaired) electrons. The third-order valence-corrected chi connectivity index (χ3v) is 7.97. The third kappa shape index (κ3) is 4.24. The van der Waals surface area contributed by atoms with Crippen LogP contribution in [-0.4, -0.2) is 58.4 Å². The summed E-state index contributed by atoms with van der Waals surface area (Å²) in [5.41, 5.74) is 3.42. The lowest BCUT2D eigenvalue weighted by Gasteiger charge is -2.34. The summed E-state index contributed by atoms with van der Waals surface area (Å²) in [6.07, 6.45) is 3.67. The minimum Gasteiger partial charge on any atom is -0.336 e. The average Bonchev–Trinajstić information content (AvgIpc) is 3.24. The van der Waals surface area contributed by atoms with E-state index in [1.54, 1.807) is 0 Å². The molecule has 1 aromatic carbocycles. The molecule has 0 atom stereocenters. The summed E-state index contributed by atoms with van der Waals surface area (Å²) in [6, 6.07) is 12.4. The summed E-state index contributed by atoms with van der Waals surface area (Å²) in [5, 5.41) is 0. The number of hydrogen-bond acceptors (Lipinski definition) is 5. The first kappa shape index (κ1) is 17.9. The monoisotopic (exact) mass is 385 g/mol. The van der Waals surface area contributed by atoms with E-state index in [4.69, 9.17) is 0 Å². The van der Waals surface area contributed by atoms with Crippen LogP contribution < -0.4 is 0 Å². The molecular formula is C20H23N3OS2. The van der Waals surface area contributed by atoms with Crippen molar-refractivity contribution >= 4 is 29.4 Å². The Labute approximate surface area is 163 Å². The maximum absolute atomic E-state index is 12.8. The zero-order chi connectivity index (χ0) is 17.8. The lowest BCUT2D eigenvalue weighted by atomic mass is 10.1. The van der Waals surface area contributed by atoms with E-state index in [1.165, 1.54) is 22.6 Å². The fourth-order valence-corrected chi connectivity index (χ4v) is 6.23. The van der Waals surface area contributed by atoms with Crippen molar-refractivity contribution in [3.8, 4) is 0 Å². The Bertz CT molecular complexity index is 724. The van der Waals surface area contributed by atoms with E-state index in [1.807, 2.05) is 53.0 Å². The van der Waals surface area contributed by atoms with Crippen LogP contribution in [0.25, 0.3) is 0 Å². The number of benzene rings is 1. The van der Waals surface area contributed by atoms with Gasteiger partial charge in [-0.25, -0.2) is 0 Å². The van der Waals surface area contributed by atoms with Crippen molar-refractivity contribution < 1.29 is 4.79 Å². The largest absolute Gasteiger partial charge is 0.336 e. The lowest BCUT2D eigenvalue weighted by Crippen LogP contribution is -2.48. The Kier molecular flexibility index (Phi) is 5.82. The van der Waals surface area contributed by atoms with Gasteiger partial charge in [0.05, 0.1) is 4.58 Å². The summed E-state index contributed by atoms with van der Waals surface area (Å²) >= 11 is 3.99. The van der Waals surface area contributed by atoms with Crippen molar-refractivity contribution in [1.82, 2.24) is 14.8 Å². The van der Waals surface area contributed by atoms with Crippen LogP contribution in [0.1, 0.15) is 26.1 Å². The first-order valence-electron chi connectivity index (χ1n) is 9.03. The minimum atomic E-state index is 0.159. The van der Waals surface area contributed by atoms with Gasteiger partial charge in [0, 0.05) is 62.2 Å². The van der Waals surface area contributed by atoms with E-state index in [0.717, 1.165) is 38.3 Å². The number of carbonyl (C=O) groups excluding carboxylic acids is 1. The number of pyridine rings is 1. The van der Waals surface area contributed by atoms with Crippen molar-refractivity contribution in [2.75, 3.05) is 37.7 Å². The fraction of sp³-hybridized carbons (Fsp3) is 0.400. The molecule has 0 bridgehead atoms. The maximum Gasteiger partial charge on any atom is 0.253 e. The predicted octanol–water partition coefficient (Wildman–Crippen LogP) is 3.52. The molecule has 4 nitrogen and oxygen atoms in total. The second-order valence-corrected chi connectivity index (χ2v) is 9.34. The van der Waals surface area contributed by atoms with Crippen LogP contribution in [0.15, 0.2) is 48.8 Å². The minimum absolute atomic E-state index is 0.159. The van der Waals surface area contributed by atoms with Gasteiger partial charge >= 0.3 is 0 Å². The Hall–Kier alpha value is -1.50. The molecule has 0 aliphatic carbocycles. The molecule has 26 heavy (non-hydrogen) atoms. The number of carbonyl (C=O) groups is 1. The second-order valence-electron chi connectivity index (χ2n) is 6.62. The molecule has 6 heteroatoms. The number of nitrogens with zero attached hydrogens (tertiary/aromatic N) is 3. The molecule has 3 heterocycles. The van der Waals surface area contributed by atoms with E-state index in [-0.39, 0.29) is 5.91 Å². The highest BCUT2D eigenvalue weighted by Crippen LogP contribution is 2.45. The first-order valence-corrected chi connectivity index (χ1v) is 11.1. The van der Waals surface area contributed by atoms with Gasteiger partial charge in [0.15, 0.2) is 0 Å². The van der Waals surface area contributed by atoms with Crippen LogP contribution in [0.5, 0.6) is 0 Å². The Morgan fingerprint density at radius 3 is 2.27 bits per heavy atom. The van der Waals surface area contributed by atoms with Gasteiger partial charge < -0.3 is 4.90 Å². The van der Waals surface area contributed by atoms with E-state index in [0.29, 0.717) is 4.58 Å². The van der Waals surface area contributed by atoms with E-state index >= 15 is 0 Å². The highest BCUT2D eigenvalue weighted by atomic mass is 32.2. The zero-order valence-electron chi connectivity index (χ0n) is 14.7. The summed E-state index contributed by atoms with van der Waals surface area (Å²) in [4.78, 5) is 21.2. The van der Waals surface area contributed by atoms with E-state index < -0.39 is 0 Å². The van der Waals surface area contributed by atoms with Crippen LogP contribution in [-0.2, 0) is 6.54 Å². The van der Waals surface area contributed by atoms with Gasteiger partial charge in [0.1, 0.15) is 0 Å². The van der Waals surface area contributed by atoms with Gasteiger partial charge in [0.25, 0.3) is 5.91 Å². The summed E-state index contributed by atoms with van der Waals surface area (Å²) in [6.45, 7) is 4.35. The molecule has 2 aliphatic rings. The van der Waals surface area contributed by atoms with E-state index in [2.05, 4.69) is 34.1 Å². The van der Waals surface area contributed by atoms with Crippen molar-refractivity contribution in [3.63, 3.8) is 0 Å². The maximum atomic E-state index is 12.8. The Morgan fingerprint density at radius 1 is 0.962 bits per heavy atom. The SMILES string of the molecule is O=C(c1ccc(C2SCCS2)cc1)N1CCN(Cc2ccncc2)CC1. The zero-order valence-corrected chi connectivity index (χ0v) is 16.3.